The Morgan fingerprint density at radius 3 is 2.76 bits per heavy atom. The van der Waals surface area contributed by atoms with Crippen LogP contribution in [0, 0.1) is 5.82 Å². The maximum Gasteiger partial charge on any atom is 0.123 e. The van der Waals surface area contributed by atoms with Crippen molar-refractivity contribution < 1.29 is 4.39 Å². The molecule has 1 aromatic carbocycles. The first-order valence-corrected chi connectivity index (χ1v) is 6.48. The molecule has 2 nitrogen and oxygen atoms in total. The highest BCUT2D eigenvalue weighted by molar-refractivity contribution is 5.16. The van der Waals surface area contributed by atoms with E-state index in [-0.39, 0.29) is 5.82 Å². The number of nitrogens with zero attached hydrogens (tertiary/aromatic N) is 1. The van der Waals surface area contributed by atoms with Gasteiger partial charge in [-0.15, -0.1) is 0 Å². The molecule has 0 amide bonds. The van der Waals surface area contributed by atoms with E-state index in [2.05, 4.69) is 17.1 Å². The summed E-state index contributed by atoms with van der Waals surface area (Å²) < 4.78 is 13.1. The molecule has 1 N–H and O–H groups in total. The summed E-state index contributed by atoms with van der Waals surface area (Å²) in [6.45, 7) is 6.28. The molecule has 1 aromatic rings. The Morgan fingerprint density at radius 1 is 1.35 bits per heavy atom. The fraction of sp³-hybridized carbons (Fsp3) is 0.571. The van der Waals surface area contributed by atoms with Crippen LogP contribution in [0.15, 0.2) is 24.3 Å². The number of rotatable bonds is 4. The maximum absolute atomic E-state index is 13.1. The first-order chi connectivity index (χ1) is 8.28. The van der Waals surface area contributed by atoms with Gasteiger partial charge in [0, 0.05) is 12.6 Å². The van der Waals surface area contributed by atoms with Crippen LogP contribution in [-0.4, -0.2) is 30.6 Å². The van der Waals surface area contributed by atoms with Crippen molar-refractivity contribution >= 4 is 0 Å². The van der Waals surface area contributed by atoms with Gasteiger partial charge in [0.15, 0.2) is 0 Å². The third-order valence-electron chi connectivity index (χ3n) is 3.38. The third kappa shape index (κ3) is 3.79. The lowest BCUT2D eigenvalue weighted by atomic mass is 10.0. The van der Waals surface area contributed by atoms with Crippen molar-refractivity contribution in [1.82, 2.24) is 10.2 Å². The average molecular weight is 236 g/mol. The summed E-state index contributed by atoms with van der Waals surface area (Å²) in [5, 5.41) is 3.49. The summed E-state index contributed by atoms with van der Waals surface area (Å²) in [7, 11) is 0. The molecule has 1 heterocycles. The van der Waals surface area contributed by atoms with Crippen molar-refractivity contribution in [2.45, 2.75) is 32.4 Å². The molecule has 17 heavy (non-hydrogen) atoms. The number of piperidine rings is 1. The summed E-state index contributed by atoms with van der Waals surface area (Å²) >= 11 is 0. The van der Waals surface area contributed by atoms with Crippen molar-refractivity contribution in [3.05, 3.63) is 35.6 Å². The summed E-state index contributed by atoms with van der Waals surface area (Å²) in [5.41, 5.74) is 1.08. The van der Waals surface area contributed by atoms with E-state index in [0.717, 1.165) is 31.7 Å². The predicted octanol–water partition coefficient (Wildman–Crippen LogP) is 2.40. The molecule has 3 heteroatoms. The van der Waals surface area contributed by atoms with Crippen LogP contribution in [-0.2, 0) is 6.54 Å². The second kappa shape index (κ2) is 6.12. The van der Waals surface area contributed by atoms with Crippen LogP contribution < -0.4 is 5.32 Å². The molecule has 0 radical (unpaired) electrons. The van der Waals surface area contributed by atoms with Gasteiger partial charge in [-0.25, -0.2) is 4.39 Å². The Bertz CT molecular complexity index is 346. The molecule has 0 spiro atoms. The van der Waals surface area contributed by atoms with Gasteiger partial charge in [-0.05, 0) is 50.2 Å². The minimum absolute atomic E-state index is 0.134. The number of nitrogens with one attached hydrogen (secondary N) is 1. The van der Waals surface area contributed by atoms with E-state index in [1.165, 1.54) is 18.9 Å². The zero-order chi connectivity index (χ0) is 12.1. The molecule has 0 atom stereocenters. The second-order valence-corrected chi connectivity index (χ2v) is 4.74. The van der Waals surface area contributed by atoms with Gasteiger partial charge in [-0.3, -0.25) is 4.90 Å². The minimum atomic E-state index is -0.134. The van der Waals surface area contributed by atoms with Gasteiger partial charge in [-0.2, -0.15) is 0 Å². The van der Waals surface area contributed by atoms with Crippen molar-refractivity contribution in [3.8, 4) is 0 Å². The number of hydrogen-bond acceptors (Lipinski definition) is 2. The summed E-state index contributed by atoms with van der Waals surface area (Å²) in [6.07, 6.45) is 2.40. The van der Waals surface area contributed by atoms with Crippen LogP contribution in [0.5, 0.6) is 0 Å². The SMILES string of the molecule is CCNC1CCN(Cc2cccc(F)c2)CC1. The third-order valence-corrected chi connectivity index (χ3v) is 3.38. The Hall–Kier alpha value is -0.930. The topological polar surface area (TPSA) is 15.3 Å². The fourth-order valence-electron chi connectivity index (χ4n) is 2.48. The number of likely N-dealkylation sites (tertiary alicyclic amines) is 1. The normalized spacial score (nSPS) is 18.5. The lowest BCUT2D eigenvalue weighted by Gasteiger charge is -2.32. The molecule has 0 unspecified atom stereocenters. The van der Waals surface area contributed by atoms with Crippen LogP contribution in [0.3, 0.4) is 0 Å². The van der Waals surface area contributed by atoms with E-state index in [0.29, 0.717) is 6.04 Å². The maximum atomic E-state index is 13.1. The van der Waals surface area contributed by atoms with Crippen molar-refractivity contribution in [2.75, 3.05) is 19.6 Å². The largest absolute Gasteiger partial charge is 0.314 e. The second-order valence-electron chi connectivity index (χ2n) is 4.74. The van der Waals surface area contributed by atoms with Gasteiger partial charge in [0.2, 0.25) is 0 Å². The van der Waals surface area contributed by atoms with E-state index in [1.807, 2.05) is 6.07 Å². The number of benzene rings is 1. The Balaban J connectivity index is 1.82. The van der Waals surface area contributed by atoms with E-state index >= 15 is 0 Å². The Morgan fingerprint density at radius 2 is 2.12 bits per heavy atom. The highest BCUT2D eigenvalue weighted by Crippen LogP contribution is 2.14. The quantitative estimate of drug-likeness (QED) is 0.863. The summed E-state index contributed by atoms with van der Waals surface area (Å²) in [6, 6.07) is 7.59. The Labute approximate surface area is 103 Å². The molecule has 1 aliphatic heterocycles. The molecule has 94 valence electrons. The van der Waals surface area contributed by atoms with Gasteiger partial charge in [0.1, 0.15) is 5.82 Å². The smallest absolute Gasteiger partial charge is 0.123 e. The van der Waals surface area contributed by atoms with E-state index < -0.39 is 0 Å². The first kappa shape index (κ1) is 12.5. The zero-order valence-corrected chi connectivity index (χ0v) is 10.5. The monoisotopic (exact) mass is 236 g/mol. The standard InChI is InChI=1S/C14H21FN2/c1-2-16-14-6-8-17(9-7-14)11-12-4-3-5-13(15)10-12/h3-5,10,14,16H,2,6-9,11H2,1H3. The number of halogens is 1. The van der Waals surface area contributed by atoms with Crippen LogP contribution in [0.1, 0.15) is 25.3 Å². The van der Waals surface area contributed by atoms with Crippen LogP contribution in [0.2, 0.25) is 0 Å². The molecule has 0 bridgehead atoms. The Kier molecular flexibility index (Phi) is 4.51. The van der Waals surface area contributed by atoms with Gasteiger partial charge in [-0.1, -0.05) is 19.1 Å². The van der Waals surface area contributed by atoms with Gasteiger partial charge < -0.3 is 5.32 Å². The van der Waals surface area contributed by atoms with Crippen LogP contribution in [0.4, 0.5) is 4.39 Å². The molecule has 0 aromatic heterocycles. The summed E-state index contributed by atoms with van der Waals surface area (Å²) in [4.78, 5) is 2.41. The molecule has 2 rings (SSSR count). The predicted molar refractivity (Wildman–Crippen MR) is 68.4 cm³/mol. The molecule has 1 aliphatic rings. The zero-order valence-electron chi connectivity index (χ0n) is 10.5. The highest BCUT2D eigenvalue weighted by Gasteiger charge is 2.18. The molecule has 1 saturated heterocycles. The van der Waals surface area contributed by atoms with Crippen LogP contribution >= 0.6 is 0 Å². The minimum Gasteiger partial charge on any atom is -0.314 e. The molecular formula is C14H21FN2. The van der Waals surface area contributed by atoms with Crippen LogP contribution in [0.25, 0.3) is 0 Å². The first-order valence-electron chi connectivity index (χ1n) is 6.48. The van der Waals surface area contributed by atoms with Crippen molar-refractivity contribution in [3.63, 3.8) is 0 Å². The van der Waals surface area contributed by atoms with Crippen molar-refractivity contribution in [1.29, 1.82) is 0 Å². The van der Waals surface area contributed by atoms with Crippen molar-refractivity contribution in [2.24, 2.45) is 0 Å². The fourth-order valence-corrected chi connectivity index (χ4v) is 2.48. The average Bonchev–Trinajstić information content (AvgIpc) is 2.32. The lowest BCUT2D eigenvalue weighted by molar-refractivity contribution is 0.191. The molecule has 0 aliphatic carbocycles. The highest BCUT2D eigenvalue weighted by atomic mass is 19.1. The van der Waals surface area contributed by atoms with E-state index in [9.17, 15) is 4.39 Å². The number of hydrogen-bond donors (Lipinski definition) is 1. The molecular weight excluding hydrogens is 215 g/mol. The summed E-state index contributed by atoms with van der Waals surface area (Å²) in [5.74, 6) is -0.134. The van der Waals surface area contributed by atoms with Gasteiger partial charge in [0.25, 0.3) is 0 Å². The van der Waals surface area contributed by atoms with Gasteiger partial charge in [0.05, 0.1) is 0 Å². The molecule has 1 fully saturated rings. The molecule has 0 saturated carbocycles. The van der Waals surface area contributed by atoms with E-state index in [1.54, 1.807) is 12.1 Å². The lowest BCUT2D eigenvalue weighted by Crippen LogP contribution is -2.42. The van der Waals surface area contributed by atoms with Gasteiger partial charge >= 0.3 is 0 Å². The van der Waals surface area contributed by atoms with E-state index in [4.69, 9.17) is 0 Å².